The van der Waals surface area contributed by atoms with Crippen LogP contribution in [0.1, 0.15) is 0 Å². The Bertz CT molecular complexity index is 1050. The van der Waals surface area contributed by atoms with E-state index in [0.29, 0.717) is 5.75 Å². The molecule has 0 saturated carbocycles. The Morgan fingerprint density at radius 3 is 2.16 bits per heavy atom. The van der Waals surface area contributed by atoms with Crippen LogP contribution in [0, 0.1) is 4.51 Å². The summed E-state index contributed by atoms with van der Waals surface area (Å²) in [5.74, 6) is 0.597. The number of nitrogens with zero attached hydrogens (tertiary/aromatic N) is 2. The Morgan fingerprint density at radius 1 is 0.920 bits per heavy atom. The molecular weight excluding hydrogens is 356 g/mol. The van der Waals surface area contributed by atoms with Crippen molar-refractivity contribution in [2.24, 2.45) is 3.77 Å². The fraction of sp³-hybridized carbons (Fsp3) is 0.0556. The second-order valence-electron chi connectivity index (χ2n) is 5.09. The molecule has 0 fully saturated rings. The van der Waals surface area contributed by atoms with Crippen molar-refractivity contribution in [3.63, 3.8) is 0 Å². The van der Waals surface area contributed by atoms with Crippen molar-refractivity contribution in [1.82, 2.24) is 4.57 Å². The van der Waals surface area contributed by atoms with Gasteiger partial charge < -0.3 is 9.30 Å². The van der Waals surface area contributed by atoms with E-state index in [4.69, 9.17) is 4.74 Å². The predicted molar refractivity (Wildman–Crippen MR) is 99.0 cm³/mol. The van der Waals surface area contributed by atoms with E-state index < -0.39 is 10.0 Å². The maximum Gasteiger partial charge on any atom is 0.292 e. The smallest absolute Gasteiger partial charge is 0.292 e. The first-order chi connectivity index (χ1) is 12.1. The highest BCUT2D eigenvalue weighted by Gasteiger charge is 2.11. The zero-order chi connectivity index (χ0) is 17.7. The Balaban J connectivity index is 1.90. The van der Waals surface area contributed by atoms with Crippen LogP contribution in [-0.2, 0) is 21.2 Å². The first kappa shape index (κ1) is 17.2. The molecule has 3 rings (SSSR count). The van der Waals surface area contributed by atoms with Gasteiger partial charge in [0.05, 0.1) is 12.0 Å². The van der Waals surface area contributed by atoms with E-state index in [1.54, 1.807) is 12.1 Å². The molecule has 1 heterocycles. The zero-order valence-corrected chi connectivity index (χ0v) is 15.1. The summed E-state index contributed by atoms with van der Waals surface area (Å²) >= 11 is 0.929. The molecule has 0 aliphatic rings. The van der Waals surface area contributed by atoms with Crippen molar-refractivity contribution in [3.8, 4) is 11.4 Å². The number of para-hydroxylation sites is 1. The number of benzene rings is 2. The molecular formula is C18H16N2O3S2. The summed E-state index contributed by atoms with van der Waals surface area (Å²) in [7, 11) is -2.19. The van der Waals surface area contributed by atoms with Gasteiger partial charge in [-0.05, 0) is 59.7 Å². The lowest BCUT2D eigenvalue weighted by Crippen LogP contribution is -1.95. The van der Waals surface area contributed by atoms with Crippen molar-refractivity contribution in [1.29, 1.82) is 0 Å². The van der Waals surface area contributed by atoms with E-state index in [0.717, 1.165) is 21.3 Å². The summed E-state index contributed by atoms with van der Waals surface area (Å²) < 4.78 is 36.0. The standard InChI is InChI=1S/C18H16N2O3S2/c1-23-16-7-9-18(10-8-16)25(21,22)19-24-17-11-13-20(14-12-17)15-5-3-2-4-6-15/h2-14H,1H3. The Morgan fingerprint density at radius 2 is 1.56 bits per heavy atom. The highest BCUT2D eigenvalue weighted by atomic mass is 32.2. The lowest BCUT2D eigenvalue weighted by atomic mass is 10.3. The van der Waals surface area contributed by atoms with Crippen LogP contribution in [0.2, 0.25) is 0 Å². The third-order valence-corrected chi connectivity index (χ3v) is 5.89. The van der Waals surface area contributed by atoms with Crippen molar-refractivity contribution in [2.75, 3.05) is 7.11 Å². The topological polar surface area (TPSA) is 60.7 Å². The van der Waals surface area contributed by atoms with Gasteiger partial charge in [0, 0.05) is 22.6 Å². The number of hydrogen-bond donors (Lipinski definition) is 0. The van der Waals surface area contributed by atoms with Gasteiger partial charge in [0.25, 0.3) is 10.0 Å². The average Bonchev–Trinajstić information content (AvgIpc) is 2.67. The number of rotatable bonds is 4. The lowest BCUT2D eigenvalue weighted by molar-refractivity contribution is 0.414. The van der Waals surface area contributed by atoms with Crippen LogP contribution >= 0.6 is 0 Å². The summed E-state index contributed by atoms with van der Waals surface area (Å²) in [5, 5.41) is 0. The van der Waals surface area contributed by atoms with E-state index in [1.165, 1.54) is 19.2 Å². The number of sulfonamides is 1. The van der Waals surface area contributed by atoms with Crippen LogP contribution in [0.5, 0.6) is 5.75 Å². The van der Waals surface area contributed by atoms with E-state index in [1.807, 2.05) is 59.4 Å². The molecule has 0 spiro atoms. The Kier molecular flexibility index (Phi) is 5.16. The normalized spacial score (nSPS) is 10.9. The van der Waals surface area contributed by atoms with Crippen LogP contribution in [0.25, 0.3) is 5.69 Å². The van der Waals surface area contributed by atoms with Gasteiger partial charge in [0.1, 0.15) is 5.75 Å². The zero-order valence-electron chi connectivity index (χ0n) is 13.4. The molecule has 0 aliphatic heterocycles. The van der Waals surface area contributed by atoms with E-state index in [-0.39, 0.29) is 4.90 Å². The van der Waals surface area contributed by atoms with E-state index in [9.17, 15) is 8.42 Å². The van der Waals surface area contributed by atoms with Crippen molar-refractivity contribution in [2.45, 2.75) is 4.90 Å². The monoisotopic (exact) mass is 372 g/mol. The van der Waals surface area contributed by atoms with Gasteiger partial charge in [-0.25, -0.2) is 0 Å². The maximum absolute atomic E-state index is 12.3. The van der Waals surface area contributed by atoms with Gasteiger partial charge >= 0.3 is 0 Å². The first-order valence-corrected chi connectivity index (χ1v) is 9.65. The lowest BCUT2D eigenvalue weighted by Gasteiger charge is -2.04. The van der Waals surface area contributed by atoms with Gasteiger partial charge in [-0.3, -0.25) is 0 Å². The molecule has 0 aliphatic carbocycles. The van der Waals surface area contributed by atoms with Crippen LogP contribution in [-0.4, -0.2) is 20.1 Å². The number of ether oxygens (including phenoxy) is 1. The molecule has 5 nitrogen and oxygen atoms in total. The van der Waals surface area contributed by atoms with Gasteiger partial charge in [-0.2, -0.15) is 8.42 Å². The molecule has 3 aromatic rings. The summed E-state index contributed by atoms with van der Waals surface area (Å²) in [6.07, 6.45) is 3.74. The molecule has 0 unspecified atom stereocenters. The van der Waals surface area contributed by atoms with Crippen molar-refractivity contribution < 1.29 is 13.2 Å². The number of methoxy groups -OCH3 is 1. The number of hydrogen-bond acceptors (Lipinski definition) is 3. The highest BCUT2D eigenvalue weighted by Crippen LogP contribution is 2.17. The molecule has 7 heteroatoms. The van der Waals surface area contributed by atoms with Gasteiger partial charge in [-0.15, -0.1) is 0 Å². The van der Waals surface area contributed by atoms with Gasteiger partial charge in [0.15, 0.2) is 0 Å². The summed E-state index contributed by atoms with van der Waals surface area (Å²) in [4.78, 5) is 0.135. The second kappa shape index (κ2) is 7.50. The minimum absolute atomic E-state index is 0.135. The number of pyridine rings is 1. The first-order valence-electron chi connectivity index (χ1n) is 7.44. The second-order valence-corrected chi connectivity index (χ2v) is 7.76. The van der Waals surface area contributed by atoms with E-state index in [2.05, 4.69) is 3.77 Å². The SMILES string of the molecule is COc1ccc(S(=O)(=O)N=S=c2ccn(-c3ccccc3)cc2)cc1. The third-order valence-electron chi connectivity index (χ3n) is 3.45. The number of aromatic nitrogens is 1. The minimum atomic E-state index is -3.72. The van der Waals surface area contributed by atoms with Crippen LogP contribution < -0.4 is 4.74 Å². The van der Waals surface area contributed by atoms with Gasteiger partial charge in [0.2, 0.25) is 0 Å². The quantitative estimate of drug-likeness (QED) is 0.657. The Hall–Kier alpha value is -2.64. The minimum Gasteiger partial charge on any atom is -0.497 e. The molecule has 0 bridgehead atoms. The van der Waals surface area contributed by atoms with Crippen molar-refractivity contribution in [3.05, 3.63) is 83.6 Å². The predicted octanol–water partition coefficient (Wildman–Crippen LogP) is 3.67. The summed E-state index contributed by atoms with van der Waals surface area (Å²) in [5.41, 5.74) is 1.03. The van der Waals surface area contributed by atoms with Crippen LogP contribution in [0.15, 0.2) is 87.8 Å². The highest BCUT2D eigenvalue weighted by molar-refractivity contribution is 7.93. The Labute approximate surface area is 149 Å². The molecule has 25 heavy (non-hydrogen) atoms. The molecule has 0 amide bonds. The van der Waals surface area contributed by atoms with Crippen LogP contribution in [0.3, 0.4) is 0 Å². The molecule has 0 saturated heterocycles. The molecule has 128 valence electrons. The molecule has 2 aromatic carbocycles. The maximum atomic E-state index is 12.3. The molecule has 1 aromatic heterocycles. The largest absolute Gasteiger partial charge is 0.497 e. The van der Waals surface area contributed by atoms with E-state index >= 15 is 0 Å². The fourth-order valence-corrected chi connectivity index (χ4v) is 3.93. The molecule has 0 N–H and O–H groups in total. The molecule has 0 radical (unpaired) electrons. The summed E-state index contributed by atoms with van der Waals surface area (Å²) in [6.45, 7) is 0. The van der Waals surface area contributed by atoms with Gasteiger partial charge in [-0.1, -0.05) is 22.0 Å². The average molecular weight is 372 g/mol. The van der Waals surface area contributed by atoms with Crippen LogP contribution in [0.4, 0.5) is 0 Å². The third kappa shape index (κ3) is 4.26. The van der Waals surface area contributed by atoms with Crippen molar-refractivity contribution >= 4 is 21.2 Å². The summed E-state index contributed by atoms with van der Waals surface area (Å²) in [6, 6.07) is 19.7. The molecule has 0 atom stereocenters. The fourth-order valence-electron chi connectivity index (χ4n) is 2.13.